The molecule has 0 aliphatic heterocycles. The Morgan fingerprint density at radius 3 is 1.42 bits per heavy atom. The summed E-state index contributed by atoms with van der Waals surface area (Å²) >= 11 is 0. The van der Waals surface area contributed by atoms with Gasteiger partial charge in [-0.1, -0.05) is 109 Å². The maximum atomic E-state index is 15.0. The van der Waals surface area contributed by atoms with Gasteiger partial charge in [-0.2, -0.15) is 0 Å². The van der Waals surface area contributed by atoms with Crippen molar-refractivity contribution < 1.29 is 52.7 Å². The van der Waals surface area contributed by atoms with Crippen molar-refractivity contribution in [2.45, 2.75) is 114 Å². The first-order valence-corrected chi connectivity index (χ1v) is 32.2. The number of primary amides is 1. The van der Waals surface area contributed by atoms with Crippen LogP contribution in [0.2, 0.25) is 0 Å². The van der Waals surface area contributed by atoms with Crippen LogP contribution in [0.3, 0.4) is 0 Å². The van der Waals surface area contributed by atoms with Crippen LogP contribution in [0.4, 0.5) is 0 Å². The number of fused-ring (bicyclic) bond motifs is 1. The number of aromatic nitrogens is 3. The summed E-state index contributed by atoms with van der Waals surface area (Å²) in [4.78, 5) is 164. The summed E-state index contributed by atoms with van der Waals surface area (Å²) in [6.07, 6.45) is 9.56. The number of para-hydroxylation sites is 1. The molecular formula is C69H87N19O11. The minimum atomic E-state index is -1.55. The number of imidazole rings is 1. The fourth-order valence-electron chi connectivity index (χ4n) is 9.97. The summed E-state index contributed by atoms with van der Waals surface area (Å²) in [7, 11) is 0. The van der Waals surface area contributed by atoms with Crippen LogP contribution in [0.15, 0.2) is 151 Å². The van der Waals surface area contributed by atoms with Crippen molar-refractivity contribution in [2.75, 3.05) is 26.2 Å². The molecule has 4 aromatic carbocycles. The van der Waals surface area contributed by atoms with Crippen molar-refractivity contribution in [3.8, 4) is 0 Å². The molecule has 30 heteroatoms. The van der Waals surface area contributed by atoms with Crippen LogP contribution in [0.25, 0.3) is 29.1 Å². The molecule has 11 amide bonds. The first-order valence-electron chi connectivity index (χ1n) is 32.2. The van der Waals surface area contributed by atoms with E-state index in [1.807, 2.05) is 24.3 Å². The number of aromatic amines is 2. The molecule has 2 aromatic heterocycles. The average molecular weight is 1360 g/mol. The topological polar surface area (TPSA) is 492 Å². The minimum Gasteiger partial charge on any atom is -0.370 e. The Balaban J connectivity index is 1.29. The quantitative estimate of drug-likeness (QED) is 0.0106. The number of unbranched alkanes of at least 4 members (excludes halogenated alkanes) is 2. The number of benzene rings is 4. The molecule has 6 aromatic rings. The highest BCUT2D eigenvalue weighted by molar-refractivity contribution is 6.07. The number of rotatable bonds is 39. The second-order valence-corrected chi connectivity index (χ2v) is 23.1. The minimum absolute atomic E-state index is 0.0386. The first-order chi connectivity index (χ1) is 47.6. The summed E-state index contributed by atoms with van der Waals surface area (Å²) in [5.41, 5.74) is 24.8. The Labute approximate surface area is 571 Å². The molecule has 22 N–H and O–H groups in total. The predicted octanol–water partition coefficient (Wildman–Crippen LogP) is 0.219. The number of amides is 11. The fraction of sp³-hybridized carbons (Fsp3) is 0.319. The van der Waals surface area contributed by atoms with E-state index in [-0.39, 0.29) is 94.0 Å². The summed E-state index contributed by atoms with van der Waals surface area (Å²) in [6, 6.07) is 24.3. The van der Waals surface area contributed by atoms with Gasteiger partial charge in [0.1, 0.15) is 53.3 Å². The van der Waals surface area contributed by atoms with Crippen LogP contribution in [-0.2, 0) is 65.6 Å². The molecule has 0 fully saturated rings. The van der Waals surface area contributed by atoms with Gasteiger partial charge in [0, 0.05) is 49.6 Å². The van der Waals surface area contributed by atoms with E-state index in [9.17, 15) is 52.7 Å². The summed E-state index contributed by atoms with van der Waals surface area (Å²) in [6.45, 7) is 2.62. The number of hydrogen-bond acceptors (Lipinski definition) is 15. The van der Waals surface area contributed by atoms with Crippen LogP contribution in [0.1, 0.15) is 93.2 Å². The third-order valence-electron chi connectivity index (χ3n) is 15.2. The van der Waals surface area contributed by atoms with E-state index >= 15 is 0 Å². The first kappa shape index (κ1) is 76.2. The van der Waals surface area contributed by atoms with Crippen molar-refractivity contribution in [2.24, 2.45) is 22.9 Å². The Morgan fingerprint density at radius 1 is 0.505 bits per heavy atom. The van der Waals surface area contributed by atoms with E-state index in [1.165, 1.54) is 44.6 Å². The summed E-state index contributed by atoms with van der Waals surface area (Å²) in [5.74, 6) is -9.63. The molecule has 0 saturated carbocycles. The van der Waals surface area contributed by atoms with E-state index in [4.69, 9.17) is 28.3 Å². The van der Waals surface area contributed by atoms with Gasteiger partial charge in [0.25, 0.3) is 17.7 Å². The molecule has 0 bridgehead atoms. The van der Waals surface area contributed by atoms with Gasteiger partial charge in [-0.05, 0) is 118 Å². The largest absolute Gasteiger partial charge is 0.370 e. The Bertz CT molecular complexity index is 3840. The number of nitrogens with one attached hydrogen (secondary N) is 14. The van der Waals surface area contributed by atoms with Gasteiger partial charge in [-0.15, -0.1) is 0 Å². The summed E-state index contributed by atoms with van der Waals surface area (Å²) < 4.78 is 0. The van der Waals surface area contributed by atoms with Crippen LogP contribution >= 0.6 is 0 Å². The van der Waals surface area contributed by atoms with Crippen LogP contribution < -0.4 is 81.4 Å². The maximum absolute atomic E-state index is 15.0. The van der Waals surface area contributed by atoms with Gasteiger partial charge in [0.05, 0.1) is 18.6 Å². The number of nitrogens with two attached hydrogens (primary N) is 4. The predicted molar refractivity (Wildman–Crippen MR) is 372 cm³/mol. The molecule has 6 atom stereocenters. The zero-order valence-electron chi connectivity index (χ0n) is 55.0. The third-order valence-corrected chi connectivity index (χ3v) is 15.2. The number of hydrogen-bond donors (Lipinski definition) is 18. The average Bonchev–Trinajstić information content (AvgIpc) is 1.79. The standard InChI is InChI=1S/C69H87N19O11/c1-42(60(72)91)80-64(95)57(36-47-38-78-50-26-13-12-25-49(47)50)87-66(97)55(34-45-21-8-4-9-22-45)85-63(94)52(28-15-17-31-71)83-68(99)58(37-48-39-75-41-79-48)88-67(98)56(35-46-23-10-5-11-24-46)86-62(93)51(27-14-16-30-70)82-61(92)53(29-18-32-76-69(73)74)84-65(96)54(33-44-19-6-3-7-20-44)81-59(90)40-77-43(2)89/h3-13,19-26,33-35,38-39,41-42,51-53,57-58,78H,14-18,27-32,36-37,40,70-71H2,1-2H3,(H2,72,91)(H,75,79)(H,77,89)(H,80,95)(H,81,90)(H,82,92)(H,83,99)(H,84,96)(H,85,94)(H,86,93)(H,87,97)(H,88,98)(H4,73,74,76)/b54-33-,55-34-,56-35-/t42-,51-,52-,53-,57-,58-/m0/s1. The normalized spacial score (nSPS) is 13.3. The van der Waals surface area contributed by atoms with Crippen molar-refractivity contribution in [3.63, 3.8) is 0 Å². The maximum Gasteiger partial charge on any atom is 0.268 e. The molecule has 99 heavy (non-hydrogen) atoms. The Kier molecular flexibility index (Phi) is 30.7. The van der Waals surface area contributed by atoms with Gasteiger partial charge in [-0.25, -0.2) is 4.98 Å². The van der Waals surface area contributed by atoms with Crippen LogP contribution in [0.5, 0.6) is 0 Å². The van der Waals surface area contributed by atoms with Crippen LogP contribution in [0, 0.1) is 5.41 Å². The van der Waals surface area contributed by atoms with Crippen molar-refractivity contribution in [3.05, 3.63) is 179 Å². The highest BCUT2D eigenvalue weighted by Crippen LogP contribution is 2.20. The van der Waals surface area contributed by atoms with Gasteiger partial charge in [-0.3, -0.25) is 58.1 Å². The molecule has 0 saturated heterocycles. The van der Waals surface area contributed by atoms with Gasteiger partial charge in [0.15, 0.2) is 5.96 Å². The van der Waals surface area contributed by atoms with Gasteiger partial charge < -0.3 is 91.4 Å². The van der Waals surface area contributed by atoms with Crippen molar-refractivity contribution in [1.82, 2.24) is 73.4 Å². The highest BCUT2D eigenvalue weighted by Gasteiger charge is 2.34. The number of carbonyl (C=O) groups is 11. The van der Waals surface area contributed by atoms with E-state index in [2.05, 4.69) is 73.4 Å². The second-order valence-electron chi connectivity index (χ2n) is 23.1. The highest BCUT2D eigenvalue weighted by atomic mass is 16.2. The molecular weight excluding hydrogens is 1270 g/mol. The lowest BCUT2D eigenvalue weighted by Crippen LogP contribution is -2.57. The Hall–Kier alpha value is -11.8. The van der Waals surface area contributed by atoms with Gasteiger partial charge in [0.2, 0.25) is 47.3 Å². The molecule has 2 heterocycles. The number of guanidine groups is 1. The fourth-order valence-corrected chi connectivity index (χ4v) is 9.97. The number of nitrogens with zero attached hydrogens (tertiary/aromatic N) is 1. The number of carbonyl (C=O) groups excluding carboxylic acids is 11. The molecule has 0 unspecified atom stereocenters. The van der Waals surface area contributed by atoms with Crippen molar-refractivity contribution >= 4 is 100 Å². The molecule has 524 valence electrons. The van der Waals surface area contributed by atoms with Crippen LogP contribution in [-0.4, -0.2) is 148 Å². The SMILES string of the molecule is CC(=O)NCC(=O)N/C(=C\c1ccccc1)C(=O)N[C@@H](CCCNC(=N)N)C(=O)N[C@@H](CCCCN)C(=O)N/C(=C\c1ccccc1)C(=O)N[C@@H](Cc1c[nH]cn1)C(=O)N[C@@H](CCCCN)C(=O)N/C(=C\c1ccccc1)C(=O)N[C@@H](Cc1c[nH]c2ccccc12)C(=O)N[C@@H](C)C(N)=O. The van der Waals surface area contributed by atoms with E-state index in [0.717, 1.165) is 10.9 Å². The van der Waals surface area contributed by atoms with E-state index in [1.54, 1.807) is 97.2 Å². The third kappa shape index (κ3) is 26.0. The van der Waals surface area contributed by atoms with E-state index in [0.29, 0.717) is 35.1 Å². The summed E-state index contributed by atoms with van der Waals surface area (Å²) in [5, 5.41) is 37.3. The smallest absolute Gasteiger partial charge is 0.268 e. The molecule has 0 radical (unpaired) electrons. The zero-order valence-corrected chi connectivity index (χ0v) is 55.0. The monoisotopic (exact) mass is 1360 g/mol. The lowest BCUT2D eigenvalue weighted by Gasteiger charge is -2.25. The second kappa shape index (κ2) is 39.9. The molecule has 0 aliphatic rings. The molecule has 30 nitrogen and oxygen atoms in total. The lowest BCUT2D eigenvalue weighted by molar-refractivity contribution is -0.133. The molecule has 6 rings (SSSR count). The number of H-pyrrole nitrogens is 2. The lowest BCUT2D eigenvalue weighted by atomic mass is 10.0. The van der Waals surface area contributed by atoms with Crippen molar-refractivity contribution in [1.29, 1.82) is 5.41 Å². The van der Waals surface area contributed by atoms with Gasteiger partial charge >= 0.3 is 0 Å². The van der Waals surface area contributed by atoms with E-state index < -0.39 is 113 Å². The zero-order chi connectivity index (χ0) is 71.6. The molecule has 0 spiro atoms. The Morgan fingerprint density at radius 2 is 0.949 bits per heavy atom. The molecule has 0 aliphatic carbocycles.